The van der Waals surface area contributed by atoms with E-state index in [1.54, 1.807) is 6.92 Å². The van der Waals surface area contributed by atoms with Crippen molar-refractivity contribution in [3.05, 3.63) is 11.6 Å². The molecule has 0 aromatic carbocycles. The molecule has 1 aliphatic rings. The average Bonchev–Trinajstić information content (AvgIpc) is 1.86. The van der Waals surface area contributed by atoms with Gasteiger partial charge in [-0.1, -0.05) is 11.6 Å². The number of hydrogen-bond donors (Lipinski definition) is 0. The topological polar surface area (TPSA) is 17.1 Å². The quantitative estimate of drug-likeness (QED) is 0.439. The third kappa shape index (κ3) is 1.84. The van der Waals surface area contributed by atoms with Crippen molar-refractivity contribution in [1.29, 1.82) is 0 Å². The van der Waals surface area contributed by atoms with Gasteiger partial charge in [0.2, 0.25) is 0 Å². The summed E-state index contributed by atoms with van der Waals surface area (Å²) in [5, 5.41) is 0. The standard InChI is InChI=1S/C9H13ClO/c1-7-4-3-5-9(10,6-7)8(2)11/h4H,3,5-6H2,1-2H3. The second-order valence-corrected chi connectivity index (χ2v) is 4.01. The van der Waals surface area contributed by atoms with Gasteiger partial charge in [-0.3, -0.25) is 4.79 Å². The van der Waals surface area contributed by atoms with Crippen LogP contribution in [0.25, 0.3) is 0 Å². The van der Waals surface area contributed by atoms with Crippen LogP contribution < -0.4 is 0 Å². The Morgan fingerprint density at radius 3 is 2.73 bits per heavy atom. The van der Waals surface area contributed by atoms with Crippen LogP contribution >= 0.6 is 11.6 Å². The minimum atomic E-state index is -0.584. The Bertz CT molecular complexity index is 208. The Morgan fingerprint density at radius 1 is 1.73 bits per heavy atom. The summed E-state index contributed by atoms with van der Waals surface area (Å²) in [6.45, 7) is 3.60. The molecule has 62 valence electrons. The second kappa shape index (κ2) is 2.98. The van der Waals surface area contributed by atoms with E-state index in [2.05, 4.69) is 6.08 Å². The summed E-state index contributed by atoms with van der Waals surface area (Å²) in [6.07, 6.45) is 4.61. The van der Waals surface area contributed by atoms with Crippen LogP contribution in [0.5, 0.6) is 0 Å². The van der Waals surface area contributed by atoms with E-state index < -0.39 is 4.87 Å². The molecule has 0 radical (unpaired) electrons. The van der Waals surface area contributed by atoms with E-state index in [4.69, 9.17) is 11.6 Å². The number of ketones is 1. The van der Waals surface area contributed by atoms with Gasteiger partial charge in [-0.05, 0) is 33.1 Å². The van der Waals surface area contributed by atoms with Gasteiger partial charge in [0.15, 0.2) is 5.78 Å². The lowest BCUT2D eigenvalue weighted by Crippen LogP contribution is -2.32. The third-order valence-corrected chi connectivity index (χ3v) is 2.81. The van der Waals surface area contributed by atoms with Gasteiger partial charge < -0.3 is 0 Å². The van der Waals surface area contributed by atoms with Gasteiger partial charge in [-0.25, -0.2) is 0 Å². The van der Waals surface area contributed by atoms with Crippen molar-refractivity contribution in [2.75, 3.05) is 0 Å². The molecule has 11 heavy (non-hydrogen) atoms. The highest BCUT2D eigenvalue weighted by atomic mass is 35.5. The summed E-state index contributed by atoms with van der Waals surface area (Å²) in [6, 6.07) is 0. The van der Waals surface area contributed by atoms with Crippen molar-refractivity contribution in [2.24, 2.45) is 0 Å². The van der Waals surface area contributed by atoms with Crippen LogP contribution in [0.3, 0.4) is 0 Å². The molecule has 0 aliphatic heterocycles. The molecule has 0 spiro atoms. The summed E-state index contributed by atoms with van der Waals surface area (Å²) in [4.78, 5) is 10.5. The first-order valence-corrected chi connectivity index (χ1v) is 4.28. The second-order valence-electron chi connectivity index (χ2n) is 3.29. The van der Waals surface area contributed by atoms with Gasteiger partial charge in [0.25, 0.3) is 0 Å². The Hall–Kier alpha value is -0.300. The van der Waals surface area contributed by atoms with Crippen LogP contribution in [0.15, 0.2) is 11.6 Å². The summed E-state index contributed by atoms with van der Waals surface area (Å²) in [7, 11) is 0. The monoisotopic (exact) mass is 172 g/mol. The SMILES string of the molecule is CC(=O)C1(Cl)CCC=C(C)C1. The molecule has 1 atom stereocenters. The van der Waals surface area contributed by atoms with E-state index in [0.29, 0.717) is 0 Å². The zero-order valence-corrected chi connectivity index (χ0v) is 7.74. The van der Waals surface area contributed by atoms with Crippen molar-refractivity contribution in [2.45, 2.75) is 38.0 Å². The molecule has 0 saturated heterocycles. The summed E-state index contributed by atoms with van der Waals surface area (Å²) in [5.74, 6) is 0.103. The number of hydrogen-bond acceptors (Lipinski definition) is 1. The predicted octanol–water partition coefficient (Wildman–Crippen LogP) is 2.68. The molecule has 2 heteroatoms. The van der Waals surface area contributed by atoms with Crippen LogP contribution in [0.1, 0.15) is 33.1 Å². The fourth-order valence-electron chi connectivity index (χ4n) is 1.45. The Balaban J connectivity index is 2.76. The third-order valence-electron chi connectivity index (χ3n) is 2.22. The number of allylic oxidation sites excluding steroid dienone is 2. The van der Waals surface area contributed by atoms with Crippen molar-refractivity contribution < 1.29 is 4.79 Å². The Morgan fingerprint density at radius 2 is 2.36 bits per heavy atom. The first kappa shape index (κ1) is 8.79. The summed E-state index contributed by atoms with van der Waals surface area (Å²) < 4.78 is 0. The van der Waals surface area contributed by atoms with Gasteiger partial charge in [0, 0.05) is 0 Å². The number of Topliss-reactive ketones (excluding diaryl/α,β-unsaturated/α-hetero) is 1. The average molecular weight is 173 g/mol. The van der Waals surface area contributed by atoms with Crippen LogP contribution in [0.4, 0.5) is 0 Å². The molecule has 0 aromatic heterocycles. The van der Waals surface area contributed by atoms with E-state index in [-0.39, 0.29) is 5.78 Å². The zero-order chi connectivity index (χ0) is 8.48. The molecule has 0 saturated carbocycles. The maximum absolute atomic E-state index is 11.1. The van der Waals surface area contributed by atoms with Crippen LogP contribution in [-0.2, 0) is 4.79 Å². The first-order chi connectivity index (χ1) is 5.04. The van der Waals surface area contributed by atoms with Crippen LogP contribution in [0.2, 0.25) is 0 Å². The highest BCUT2D eigenvalue weighted by Crippen LogP contribution is 2.34. The zero-order valence-electron chi connectivity index (χ0n) is 6.98. The number of alkyl halides is 1. The highest BCUT2D eigenvalue weighted by Gasteiger charge is 2.34. The van der Waals surface area contributed by atoms with Gasteiger partial charge in [0.1, 0.15) is 4.87 Å². The lowest BCUT2D eigenvalue weighted by Gasteiger charge is -2.27. The maximum Gasteiger partial charge on any atom is 0.151 e. The van der Waals surface area contributed by atoms with Crippen molar-refractivity contribution in [1.82, 2.24) is 0 Å². The van der Waals surface area contributed by atoms with E-state index in [9.17, 15) is 4.79 Å². The molecule has 0 N–H and O–H groups in total. The molecular weight excluding hydrogens is 160 g/mol. The molecule has 1 aliphatic carbocycles. The van der Waals surface area contributed by atoms with Crippen LogP contribution in [0, 0.1) is 0 Å². The number of carbonyl (C=O) groups excluding carboxylic acids is 1. The summed E-state index contributed by atoms with van der Waals surface area (Å²) >= 11 is 6.11. The van der Waals surface area contributed by atoms with E-state index in [1.807, 2.05) is 6.92 Å². The Labute approximate surface area is 72.4 Å². The smallest absolute Gasteiger partial charge is 0.151 e. The van der Waals surface area contributed by atoms with Crippen LogP contribution in [-0.4, -0.2) is 10.7 Å². The Kier molecular flexibility index (Phi) is 2.38. The molecule has 0 bridgehead atoms. The van der Waals surface area contributed by atoms with Gasteiger partial charge in [-0.2, -0.15) is 0 Å². The van der Waals surface area contributed by atoms with E-state index in [0.717, 1.165) is 19.3 Å². The minimum Gasteiger partial charge on any atom is -0.298 e. The molecule has 1 unspecified atom stereocenters. The number of halogens is 1. The lowest BCUT2D eigenvalue weighted by molar-refractivity contribution is -0.119. The van der Waals surface area contributed by atoms with Crippen molar-refractivity contribution >= 4 is 17.4 Å². The lowest BCUT2D eigenvalue weighted by atomic mass is 9.86. The molecule has 0 amide bonds. The van der Waals surface area contributed by atoms with Gasteiger partial charge in [-0.15, -0.1) is 11.6 Å². The largest absolute Gasteiger partial charge is 0.298 e. The van der Waals surface area contributed by atoms with E-state index >= 15 is 0 Å². The number of carbonyl (C=O) groups is 1. The highest BCUT2D eigenvalue weighted by molar-refractivity contribution is 6.35. The van der Waals surface area contributed by atoms with Crippen molar-refractivity contribution in [3.63, 3.8) is 0 Å². The molecule has 0 aromatic rings. The number of rotatable bonds is 1. The molecule has 1 nitrogen and oxygen atoms in total. The minimum absolute atomic E-state index is 0.103. The van der Waals surface area contributed by atoms with Gasteiger partial charge in [0.05, 0.1) is 0 Å². The van der Waals surface area contributed by atoms with Gasteiger partial charge >= 0.3 is 0 Å². The predicted molar refractivity (Wildman–Crippen MR) is 46.9 cm³/mol. The molecule has 1 rings (SSSR count). The maximum atomic E-state index is 11.1. The van der Waals surface area contributed by atoms with E-state index in [1.165, 1.54) is 5.57 Å². The summed E-state index contributed by atoms with van der Waals surface area (Å²) in [5.41, 5.74) is 1.24. The normalized spacial score (nSPS) is 31.4. The fraction of sp³-hybridized carbons (Fsp3) is 0.667. The first-order valence-electron chi connectivity index (χ1n) is 3.90. The fourth-order valence-corrected chi connectivity index (χ4v) is 1.77. The van der Waals surface area contributed by atoms with Crippen molar-refractivity contribution in [3.8, 4) is 0 Å². The molecule has 0 heterocycles. The molecule has 0 fully saturated rings. The molecular formula is C9H13ClO.